The van der Waals surface area contributed by atoms with Gasteiger partial charge in [-0.1, -0.05) is 89.5 Å². The van der Waals surface area contributed by atoms with Gasteiger partial charge in [0.2, 0.25) is 0 Å². The van der Waals surface area contributed by atoms with Crippen LogP contribution in [0.4, 0.5) is 0 Å². The van der Waals surface area contributed by atoms with Crippen molar-refractivity contribution in [2.45, 2.75) is 40.5 Å². The molecule has 2 aromatic rings. The van der Waals surface area contributed by atoms with E-state index in [1.807, 2.05) is 6.08 Å². The smallest absolute Gasteiger partial charge is 0.00254 e. The molecule has 0 bridgehead atoms. The molecule has 0 atom stereocenters. The van der Waals surface area contributed by atoms with Crippen LogP contribution in [0.5, 0.6) is 0 Å². The molecular formula is C24H28. The fourth-order valence-corrected chi connectivity index (χ4v) is 3.25. The van der Waals surface area contributed by atoms with Gasteiger partial charge >= 0.3 is 0 Å². The maximum absolute atomic E-state index is 4.18. The minimum atomic E-state index is 0.882. The SMILES string of the molecule is C=C/C(C)=C\C(=C)Cc1cc(C)cc(Cc2cc(C)cc(C)c2)c1. The van der Waals surface area contributed by atoms with E-state index in [9.17, 15) is 0 Å². The quantitative estimate of drug-likeness (QED) is 0.538. The largest absolute Gasteiger partial charge is 0.0988 e. The highest BCUT2D eigenvalue weighted by atomic mass is 14.1. The predicted octanol–water partition coefficient (Wildman–Crippen LogP) is 6.43. The molecule has 0 fully saturated rings. The van der Waals surface area contributed by atoms with Crippen LogP contribution in [0.2, 0.25) is 0 Å². The molecule has 0 saturated heterocycles. The Labute approximate surface area is 147 Å². The molecule has 0 aliphatic rings. The first kappa shape index (κ1) is 18.0. The lowest BCUT2D eigenvalue weighted by atomic mass is 9.95. The zero-order valence-electron chi connectivity index (χ0n) is 15.4. The summed E-state index contributed by atoms with van der Waals surface area (Å²) in [5, 5.41) is 0. The van der Waals surface area contributed by atoms with Crippen LogP contribution < -0.4 is 0 Å². The van der Waals surface area contributed by atoms with Gasteiger partial charge in [-0.15, -0.1) is 0 Å². The molecule has 0 heterocycles. The Morgan fingerprint density at radius 2 is 1.33 bits per heavy atom. The highest BCUT2D eigenvalue weighted by Gasteiger charge is 2.03. The summed E-state index contributed by atoms with van der Waals surface area (Å²) in [6.07, 6.45) is 5.84. The van der Waals surface area contributed by atoms with E-state index in [0.29, 0.717) is 0 Å². The Kier molecular flexibility index (Phi) is 5.98. The van der Waals surface area contributed by atoms with Gasteiger partial charge in [0, 0.05) is 0 Å². The first-order valence-corrected chi connectivity index (χ1v) is 8.51. The van der Waals surface area contributed by atoms with Crippen LogP contribution in [0.3, 0.4) is 0 Å². The summed E-state index contributed by atoms with van der Waals surface area (Å²) in [5.74, 6) is 0. The Morgan fingerprint density at radius 1 is 0.833 bits per heavy atom. The summed E-state index contributed by atoms with van der Waals surface area (Å²) in [7, 11) is 0. The molecule has 24 heavy (non-hydrogen) atoms. The third-order valence-electron chi connectivity index (χ3n) is 4.07. The number of hydrogen-bond acceptors (Lipinski definition) is 0. The summed E-state index contributed by atoms with van der Waals surface area (Å²) in [5.41, 5.74) is 10.3. The van der Waals surface area contributed by atoms with Crippen molar-refractivity contribution in [1.82, 2.24) is 0 Å². The Bertz CT molecular complexity index is 767. The molecule has 0 N–H and O–H groups in total. The molecule has 2 rings (SSSR count). The number of aryl methyl sites for hydroxylation is 3. The van der Waals surface area contributed by atoms with E-state index in [2.05, 4.69) is 83.3 Å². The Balaban J connectivity index is 2.22. The van der Waals surface area contributed by atoms with Gasteiger partial charge in [0.15, 0.2) is 0 Å². The number of hydrogen-bond donors (Lipinski definition) is 0. The monoisotopic (exact) mass is 316 g/mol. The van der Waals surface area contributed by atoms with Gasteiger partial charge in [0.25, 0.3) is 0 Å². The van der Waals surface area contributed by atoms with Crippen molar-refractivity contribution in [3.63, 3.8) is 0 Å². The molecule has 2 aromatic carbocycles. The maximum Gasteiger partial charge on any atom is -0.00254 e. The number of rotatable bonds is 6. The van der Waals surface area contributed by atoms with E-state index in [1.165, 1.54) is 33.4 Å². The minimum Gasteiger partial charge on any atom is -0.0988 e. The molecule has 0 amide bonds. The molecule has 0 radical (unpaired) electrons. The van der Waals surface area contributed by atoms with E-state index in [1.54, 1.807) is 0 Å². The normalized spacial score (nSPS) is 11.4. The second kappa shape index (κ2) is 7.97. The third-order valence-corrected chi connectivity index (χ3v) is 4.07. The van der Waals surface area contributed by atoms with Crippen LogP contribution in [0, 0.1) is 20.8 Å². The molecule has 0 aliphatic carbocycles. The zero-order chi connectivity index (χ0) is 17.7. The standard InChI is InChI=1S/C24H28/c1-7-17(2)8-18(3)10-23-13-21(6)14-24(16-23)15-22-11-19(4)9-20(5)12-22/h7-9,11-14,16H,1,3,10,15H2,2,4-6H3/b17-8-. The molecule has 0 unspecified atom stereocenters. The maximum atomic E-state index is 4.18. The zero-order valence-corrected chi connectivity index (χ0v) is 15.4. The van der Waals surface area contributed by atoms with Crippen molar-refractivity contribution in [2.75, 3.05) is 0 Å². The van der Waals surface area contributed by atoms with Crippen LogP contribution in [-0.2, 0) is 12.8 Å². The van der Waals surface area contributed by atoms with Crippen LogP contribution in [0.15, 0.2) is 72.9 Å². The average molecular weight is 316 g/mol. The van der Waals surface area contributed by atoms with Gasteiger partial charge in [-0.2, -0.15) is 0 Å². The highest BCUT2D eigenvalue weighted by molar-refractivity contribution is 5.39. The van der Waals surface area contributed by atoms with Gasteiger partial charge in [0.05, 0.1) is 0 Å². The Hall–Kier alpha value is -2.34. The fraction of sp³-hybridized carbons (Fsp3) is 0.250. The molecule has 0 spiro atoms. The number of allylic oxidation sites excluding steroid dienone is 4. The predicted molar refractivity (Wildman–Crippen MR) is 107 cm³/mol. The van der Waals surface area contributed by atoms with Crippen molar-refractivity contribution in [3.8, 4) is 0 Å². The lowest BCUT2D eigenvalue weighted by Gasteiger charge is -2.10. The van der Waals surface area contributed by atoms with E-state index >= 15 is 0 Å². The average Bonchev–Trinajstić information content (AvgIpc) is 2.44. The van der Waals surface area contributed by atoms with Gasteiger partial charge in [-0.05, 0) is 57.2 Å². The van der Waals surface area contributed by atoms with Crippen LogP contribution >= 0.6 is 0 Å². The number of benzene rings is 2. The topological polar surface area (TPSA) is 0 Å². The molecule has 0 aliphatic heterocycles. The van der Waals surface area contributed by atoms with Crippen molar-refractivity contribution >= 4 is 0 Å². The second-order valence-electron chi connectivity index (χ2n) is 6.93. The highest BCUT2D eigenvalue weighted by Crippen LogP contribution is 2.19. The van der Waals surface area contributed by atoms with Gasteiger partial charge < -0.3 is 0 Å². The van der Waals surface area contributed by atoms with Crippen molar-refractivity contribution < 1.29 is 0 Å². The third kappa shape index (κ3) is 5.38. The van der Waals surface area contributed by atoms with E-state index in [4.69, 9.17) is 0 Å². The molecule has 0 aromatic heterocycles. The van der Waals surface area contributed by atoms with Gasteiger partial charge in [-0.3, -0.25) is 0 Å². The molecule has 124 valence electrons. The van der Waals surface area contributed by atoms with Crippen molar-refractivity contribution in [3.05, 3.63) is 106 Å². The van der Waals surface area contributed by atoms with Crippen molar-refractivity contribution in [2.24, 2.45) is 0 Å². The molecular weight excluding hydrogens is 288 g/mol. The second-order valence-corrected chi connectivity index (χ2v) is 6.93. The van der Waals surface area contributed by atoms with Crippen LogP contribution in [-0.4, -0.2) is 0 Å². The first-order valence-electron chi connectivity index (χ1n) is 8.51. The van der Waals surface area contributed by atoms with E-state index in [-0.39, 0.29) is 0 Å². The Morgan fingerprint density at radius 3 is 1.92 bits per heavy atom. The molecule has 0 nitrogen and oxygen atoms in total. The van der Waals surface area contributed by atoms with Crippen LogP contribution in [0.1, 0.15) is 40.3 Å². The minimum absolute atomic E-state index is 0.882. The summed E-state index contributed by atoms with van der Waals surface area (Å²) < 4.78 is 0. The lowest BCUT2D eigenvalue weighted by molar-refractivity contribution is 1.12. The molecule has 0 heteroatoms. The lowest BCUT2D eigenvalue weighted by Crippen LogP contribution is -1.95. The summed E-state index contributed by atoms with van der Waals surface area (Å²) in [4.78, 5) is 0. The summed E-state index contributed by atoms with van der Waals surface area (Å²) >= 11 is 0. The van der Waals surface area contributed by atoms with Gasteiger partial charge in [0.1, 0.15) is 0 Å². The van der Waals surface area contributed by atoms with E-state index in [0.717, 1.165) is 24.0 Å². The van der Waals surface area contributed by atoms with Crippen LogP contribution in [0.25, 0.3) is 0 Å². The van der Waals surface area contributed by atoms with Crippen molar-refractivity contribution in [1.29, 1.82) is 0 Å². The molecule has 0 saturated carbocycles. The summed E-state index contributed by atoms with van der Waals surface area (Å²) in [6, 6.07) is 13.6. The fourth-order valence-electron chi connectivity index (χ4n) is 3.25. The van der Waals surface area contributed by atoms with Gasteiger partial charge in [-0.25, -0.2) is 0 Å². The first-order chi connectivity index (χ1) is 11.4. The van der Waals surface area contributed by atoms with E-state index < -0.39 is 0 Å². The summed E-state index contributed by atoms with van der Waals surface area (Å²) in [6.45, 7) is 16.5.